The number of aliphatic hydroxyl groups is 1. The summed E-state index contributed by atoms with van der Waals surface area (Å²) in [5.74, 6) is 0.707. The summed E-state index contributed by atoms with van der Waals surface area (Å²) in [5.41, 5.74) is 6.61. The Morgan fingerprint density at radius 1 is 1.43 bits per heavy atom. The van der Waals surface area contributed by atoms with Crippen LogP contribution in [0.2, 0.25) is 0 Å². The van der Waals surface area contributed by atoms with Crippen LogP contribution in [0.1, 0.15) is 10.4 Å². The number of carbonyl (C=O) groups is 1. The Morgan fingerprint density at radius 2 is 2.10 bits per heavy atom. The van der Waals surface area contributed by atoms with Crippen LogP contribution in [0.3, 0.4) is 0 Å². The van der Waals surface area contributed by atoms with E-state index in [4.69, 9.17) is 25.1 Å². The summed E-state index contributed by atoms with van der Waals surface area (Å²) >= 11 is 0. The lowest BCUT2D eigenvalue weighted by Gasteiger charge is -2.32. The summed E-state index contributed by atoms with van der Waals surface area (Å²) in [4.78, 5) is 14.2. The molecule has 1 heterocycles. The van der Waals surface area contributed by atoms with Crippen molar-refractivity contribution in [2.24, 2.45) is 0 Å². The fourth-order valence-corrected chi connectivity index (χ4v) is 2.26. The number of carbonyl (C=O) groups excluding carboxylic acids is 1. The van der Waals surface area contributed by atoms with Gasteiger partial charge in [-0.15, -0.1) is 0 Å². The van der Waals surface area contributed by atoms with Crippen molar-refractivity contribution in [1.82, 2.24) is 4.90 Å². The van der Waals surface area contributed by atoms with E-state index in [1.54, 1.807) is 17.0 Å². The summed E-state index contributed by atoms with van der Waals surface area (Å²) < 4.78 is 15.7. The Bertz CT molecular complexity index is 520. The summed E-state index contributed by atoms with van der Waals surface area (Å²) in [7, 11) is 3.01. The number of hydrogen-bond donors (Lipinski definition) is 2. The van der Waals surface area contributed by atoms with Crippen LogP contribution < -0.4 is 15.2 Å². The molecule has 1 aromatic carbocycles. The fourth-order valence-electron chi connectivity index (χ4n) is 2.26. The first-order valence-corrected chi connectivity index (χ1v) is 6.64. The van der Waals surface area contributed by atoms with Crippen molar-refractivity contribution >= 4 is 11.6 Å². The van der Waals surface area contributed by atoms with E-state index in [-0.39, 0.29) is 18.6 Å². The first-order valence-electron chi connectivity index (χ1n) is 6.64. The number of nitrogens with zero attached hydrogens (tertiary/aromatic N) is 1. The largest absolute Gasteiger partial charge is 0.493 e. The quantitative estimate of drug-likeness (QED) is 0.766. The molecule has 0 spiro atoms. The molecule has 0 bridgehead atoms. The molecule has 1 amide bonds. The lowest BCUT2D eigenvalue weighted by atomic mass is 10.1. The van der Waals surface area contributed by atoms with Crippen molar-refractivity contribution in [2.75, 3.05) is 46.3 Å². The molecule has 0 aromatic heterocycles. The molecular weight excluding hydrogens is 276 g/mol. The molecule has 1 aliphatic heterocycles. The van der Waals surface area contributed by atoms with Gasteiger partial charge >= 0.3 is 0 Å². The highest BCUT2D eigenvalue weighted by atomic mass is 16.5. The standard InChI is InChI=1S/C14H20N2O5/c1-19-12-5-10(11(15)6-13(12)20-2)14(18)16-3-4-21-9(7-16)8-17/h5-6,9,17H,3-4,7-8,15H2,1-2H3. The zero-order valence-electron chi connectivity index (χ0n) is 12.2. The molecule has 7 nitrogen and oxygen atoms in total. The maximum absolute atomic E-state index is 12.6. The number of methoxy groups -OCH3 is 2. The number of hydrogen-bond acceptors (Lipinski definition) is 6. The van der Waals surface area contributed by atoms with Gasteiger partial charge in [-0.25, -0.2) is 0 Å². The summed E-state index contributed by atoms with van der Waals surface area (Å²) in [6.07, 6.45) is -0.357. The molecule has 2 rings (SSSR count). The van der Waals surface area contributed by atoms with E-state index < -0.39 is 0 Å². The third-order valence-electron chi connectivity index (χ3n) is 3.42. The molecule has 0 aliphatic carbocycles. The van der Waals surface area contributed by atoms with E-state index >= 15 is 0 Å². The number of aliphatic hydroxyl groups excluding tert-OH is 1. The summed E-state index contributed by atoms with van der Waals surface area (Å²) in [6.45, 7) is 1.07. The van der Waals surface area contributed by atoms with E-state index in [1.807, 2.05) is 0 Å². The zero-order chi connectivity index (χ0) is 15.4. The van der Waals surface area contributed by atoms with Crippen LogP contribution in [-0.4, -0.2) is 62.5 Å². The van der Waals surface area contributed by atoms with Gasteiger partial charge in [-0.05, 0) is 6.07 Å². The highest BCUT2D eigenvalue weighted by molar-refractivity contribution is 6.00. The normalized spacial score (nSPS) is 18.4. The second-order valence-corrected chi connectivity index (χ2v) is 4.72. The maximum atomic E-state index is 12.6. The van der Waals surface area contributed by atoms with Gasteiger partial charge in [0.15, 0.2) is 11.5 Å². The van der Waals surface area contributed by atoms with Gasteiger partial charge in [-0.1, -0.05) is 0 Å². The van der Waals surface area contributed by atoms with Crippen LogP contribution in [0.4, 0.5) is 5.69 Å². The molecule has 0 radical (unpaired) electrons. The zero-order valence-corrected chi connectivity index (χ0v) is 12.2. The van der Waals surface area contributed by atoms with E-state index in [1.165, 1.54) is 14.2 Å². The van der Waals surface area contributed by atoms with Crippen molar-refractivity contribution in [3.05, 3.63) is 17.7 Å². The molecule has 21 heavy (non-hydrogen) atoms. The van der Waals surface area contributed by atoms with Crippen LogP contribution >= 0.6 is 0 Å². The third-order valence-corrected chi connectivity index (χ3v) is 3.42. The SMILES string of the molecule is COc1cc(N)c(C(=O)N2CCOC(CO)C2)cc1OC. The third kappa shape index (κ3) is 3.20. The fraction of sp³-hybridized carbons (Fsp3) is 0.500. The maximum Gasteiger partial charge on any atom is 0.256 e. The minimum absolute atomic E-state index is 0.120. The van der Waals surface area contributed by atoms with Gasteiger partial charge in [0, 0.05) is 24.8 Å². The van der Waals surface area contributed by atoms with Gasteiger partial charge in [0.1, 0.15) is 0 Å². The van der Waals surface area contributed by atoms with Crippen molar-refractivity contribution in [1.29, 1.82) is 0 Å². The van der Waals surface area contributed by atoms with Gasteiger partial charge < -0.3 is 30.0 Å². The van der Waals surface area contributed by atoms with Crippen LogP contribution in [0.25, 0.3) is 0 Å². The van der Waals surface area contributed by atoms with Gasteiger partial charge in [0.2, 0.25) is 0 Å². The average molecular weight is 296 g/mol. The lowest BCUT2D eigenvalue weighted by Crippen LogP contribution is -2.47. The molecule has 3 N–H and O–H groups in total. The molecule has 1 atom stereocenters. The number of nitrogens with two attached hydrogens (primary N) is 1. The summed E-state index contributed by atoms with van der Waals surface area (Å²) in [6, 6.07) is 3.13. The van der Waals surface area contributed by atoms with Gasteiger partial charge in [-0.3, -0.25) is 4.79 Å². The predicted octanol–water partition coefficient (Wildman–Crippen LogP) is 0.119. The predicted molar refractivity (Wildman–Crippen MR) is 76.7 cm³/mol. The van der Waals surface area contributed by atoms with Crippen LogP contribution in [-0.2, 0) is 4.74 Å². The molecule has 7 heteroatoms. The number of anilines is 1. The van der Waals surface area contributed by atoms with Gasteiger partial charge in [0.05, 0.1) is 39.1 Å². The number of morpholine rings is 1. The minimum Gasteiger partial charge on any atom is -0.493 e. The topological polar surface area (TPSA) is 94.3 Å². The molecule has 116 valence electrons. The van der Waals surface area contributed by atoms with Crippen molar-refractivity contribution in [3.8, 4) is 11.5 Å². The minimum atomic E-state index is -0.357. The molecular formula is C14H20N2O5. The number of benzene rings is 1. The number of ether oxygens (including phenoxy) is 3. The molecule has 1 aromatic rings. The highest BCUT2D eigenvalue weighted by Crippen LogP contribution is 2.32. The second kappa shape index (κ2) is 6.64. The van der Waals surface area contributed by atoms with Crippen LogP contribution in [0.15, 0.2) is 12.1 Å². The second-order valence-electron chi connectivity index (χ2n) is 4.72. The van der Waals surface area contributed by atoms with Gasteiger partial charge in [-0.2, -0.15) is 0 Å². The monoisotopic (exact) mass is 296 g/mol. The van der Waals surface area contributed by atoms with E-state index in [9.17, 15) is 4.79 Å². The van der Waals surface area contributed by atoms with Crippen molar-refractivity contribution < 1.29 is 24.1 Å². The smallest absolute Gasteiger partial charge is 0.256 e. The average Bonchev–Trinajstić information content (AvgIpc) is 2.53. The Labute approximate surface area is 123 Å². The Kier molecular flexibility index (Phi) is 4.87. The molecule has 1 unspecified atom stereocenters. The van der Waals surface area contributed by atoms with Crippen LogP contribution in [0.5, 0.6) is 11.5 Å². The highest BCUT2D eigenvalue weighted by Gasteiger charge is 2.26. The molecule has 0 saturated carbocycles. The Balaban J connectivity index is 2.26. The number of nitrogen functional groups attached to an aromatic ring is 1. The number of amides is 1. The van der Waals surface area contributed by atoms with E-state index in [2.05, 4.69) is 0 Å². The van der Waals surface area contributed by atoms with Crippen molar-refractivity contribution in [3.63, 3.8) is 0 Å². The van der Waals surface area contributed by atoms with E-state index in [0.717, 1.165) is 0 Å². The molecule has 1 fully saturated rings. The van der Waals surface area contributed by atoms with Gasteiger partial charge in [0.25, 0.3) is 5.91 Å². The first-order chi connectivity index (χ1) is 10.1. The van der Waals surface area contributed by atoms with E-state index in [0.29, 0.717) is 42.4 Å². The lowest BCUT2D eigenvalue weighted by molar-refractivity contribution is -0.0447. The number of rotatable bonds is 4. The molecule has 1 saturated heterocycles. The van der Waals surface area contributed by atoms with Crippen LogP contribution in [0, 0.1) is 0 Å². The Morgan fingerprint density at radius 3 is 2.71 bits per heavy atom. The Hall–Kier alpha value is -1.99. The molecule has 1 aliphatic rings. The summed E-state index contributed by atoms with van der Waals surface area (Å²) in [5, 5.41) is 9.14. The first kappa shape index (κ1) is 15.4. The van der Waals surface area contributed by atoms with Crippen molar-refractivity contribution in [2.45, 2.75) is 6.10 Å².